The second-order valence-corrected chi connectivity index (χ2v) is 6.29. The van der Waals surface area contributed by atoms with Crippen LogP contribution in [0.5, 0.6) is 5.75 Å². The topological polar surface area (TPSA) is 41.5 Å². The van der Waals surface area contributed by atoms with Crippen molar-refractivity contribution >= 4 is 11.3 Å². The lowest BCUT2D eigenvalue weighted by Crippen LogP contribution is -2.32. The van der Waals surface area contributed by atoms with Crippen LogP contribution in [-0.2, 0) is 0 Å². The minimum absolute atomic E-state index is 0.250. The summed E-state index contributed by atoms with van der Waals surface area (Å²) in [5.74, 6) is 0.848. The fourth-order valence-electron chi connectivity index (χ4n) is 2.08. The van der Waals surface area contributed by atoms with E-state index in [-0.39, 0.29) is 6.04 Å². The summed E-state index contributed by atoms with van der Waals surface area (Å²) in [5, 5.41) is 15.4. The van der Waals surface area contributed by atoms with Crippen LogP contribution in [0.15, 0.2) is 35.7 Å². The van der Waals surface area contributed by atoms with Gasteiger partial charge in [0.25, 0.3) is 0 Å². The molecule has 2 N–H and O–H groups in total. The lowest BCUT2D eigenvalue weighted by molar-refractivity contribution is 0.104. The SMILES string of the molecule is Cc1cccc(OCC(O)CNC(C)c2cccs2)c1C. The van der Waals surface area contributed by atoms with Crippen molar-refractivity contribution in [3.63, 3.8) is 0 Å². The molecule has 0 amide bonds. The van der Waals surface area contributed by atoms with Crippen LogP contribution >= 0.6 is 11.3 Å². The molecule has 2 aromatic rings. The van der Waals surface area contributed by atoms with Crippen LogP contribution in [-0.4, -0.2) is 24.4 Å². The van der Waals surface area contributed by atoms with E-state index in [0.717, 1.165) is 11.3 Å². The summed E-state index contributed by atoms with van der Waals surface area (Å²) < 4.78 is 5.72. The summed E-state index contributed by atoms with van der Waals surface area (Å²) in [6.07, 6.45) is -0.521. The third-order valence-electron chi connectivity index (χ3n) is 3.62. The first-order valence-electron chi connectivity index (χ1n) is 7.21. The summed E-state index contributed by atoms with van der Waals surface area (Å²) in [4.78, 5) is 1.28. The van der Waals surface area contributed by atoms with Crippen molar-refractivity contribution in [2.45, 2.75) is 32.9 Å². The molecule has 0 aliphatic rings. The minimum Gasteiger partial charge on any atom is -0.491 e. The van der Waals surface area contributed by atoms with Crippen LogP contribution in [0.1, 0.15) is 29.0 Å². The molecule has 1 heterocycles. The van der Waals surface area contributed by atoms with E-state index in [2.05, 4.69) is 36.7 Å². The molecule has 0 saturated carbocycles. The predicted molar refractivity (Wildman–Crippen MR) is 88.2 cm³/mol. The van der Waals surface area contributed by atoms with Crippen LogP contribution in [0.4, 0.5) is 0 Å². The number of rotatable bonds is 7. The molecule has 0 radical (unpaired) electrons. The average molecular weight is 305 g/mol. The number of benzene rings is 1. The van der Waals surface area contributed by atoms with E-state index in [4.69, 9.17) is 4.74 Å². The highest BCUT2D eigenvalue weighted by Crippen LogP contribution is 2.21. The number of aryl methyl sites for hydroxylation is 1. The van der Waals surface area contributed by atoms with Gasteiger partial charge in [0.1, 0.15) is 18.5 Å². The van der Waals surface area contributed by atoms with Crippen molar-refractivity contribution in [1.82, 2.24) is 5.32 Å². The Morgan fingerprint density at radius 1 is 1.24 bits per heavy atom. The third-order valence-corrected chi connectivity index (χ3v) is 4.67. The van der Waals surface area contributed by atoms with Gasteiger partial charge in [0.2, 0.25) is 0 Å². The Hall–Kier alpha value is -1.36. The molecule has 21 heavy (non-hydrogen) atoms. The molecule has 114 valence electrons. The van der Waals surface area contributed by atoms with E-state index in [9.17, 15) is 5.11 Å². The first kappa shape index (κ1) is 16.0. The van der Waals surface area contributed by atoms with Crippen molar-refractivity contribution < 1.29 is 9.84 Å². The van der Waals surface area contributed by atoms with E-state index in [1.165, 1.54) is 10.4 Å². The Labute approximate surface area is 130 Å². The molecule has 2 atom stereocenters. The van der Waals surface area contributed by atoms with Gasteiger partial charge in [-0.2, -0.15) is 0 Å². The van der Waals surface area contributed by atoms with Crippen LogP contribution in [0.25, 0.3) is 0 Å². The maximum atomic E-state index is 10.0. The maximum absolute atomic E-state index is 10.0. The summed E-state index contributed by atoms with van der Waals surface area (Å²) in [6.45, 7) is 7.01. The minimum atomic E-state index is -0.521. The highest BCUT2D eigenvalue weighted by Gasteiger charge is 2.11. The predicted octanol–water partition coefficient (Wildman–Crippen LogP) is 3.46. The normalized spacial score (nSPS) is 13.9. The van der Waals surface area contributed by atoms with Gasteiger partial charge in [-0.1, -0.05) is 18.2 Å². The number of hydrogen-bond donors (Lipinski definition) is 2. The summed E-state index contributed by atoms with van der Waals surface area (Å²) >= 11 is 1.72. The largest absolute Gasteiger partial charge is 0.491 e. The van der Waals surface area contributed by atoms with Crippen molar-refractivity contribution in [2.24, 2.45) is 0 Å². The Morgan fingerprint density at radius 2 is 2.05 bits per heavy atom. The molecule has 3 nitrogen and oxygen atoms in total. The molecule has 1 aromatic heterocycles. The van der Waals surface area contributed by atoms with E-state index in [1.807, 2.05) is 25.1 Å². The summed E-state index contributed by atoms with van der Waals surface area (Å²) in [7, 11) is 0. The van der Waals surface area contributed by atoms with E-state index in [0.29, 0.717) is 13.2 Å². The number of ether oxygens (including phenoxy) is 1. The highest BCUT2D eigenvalue weighted by molar-refractivity contribution is 7.10. The Bertz CT molecular complexity index is 554. The number of nitrogens with one attached hydrogen (secondary N) is 1. The molecule has 2 rings (SSSR count). The summed E-state index contributed by atoms with van der Waals surface area (Å²) in [5.41, 5.74) is 2.33. The molecule has 0 aliphatic carbocycles. The second kappa shape index (κ2) is 7.59. The first-order chi connectivity index (χ1) is 10.1. The van der Waals surface area contributed by atoms with Gasteiger partial charge in [0.05, 0.1) is 0 Å². The lowest BCUT2D eigenvalue weighted by Gasteiger charge is -2.18. The standard InChI is InChI=1S/C17H23NO2S/c1-12-6-4-7-16(13(12)2)20-11-15(19)10-18-14(3)17-8-5-9-21-17/h4-9,14-15,18-19H,10-11H2,1-3H3. The van der Waals surface area contributed by atoms with Crippen molar-refractivity contribution in [3.8, 4) is 5.75 Å². The van der Waals surface area contributed by atoms with E-state index >= 15 is 0 Å². The van der Waals surface area contributed by atoms with Crippen LogP contribution in [0.3, 0.4) is 0 Å². The number of aliphatic hydroxyl groups excluding tert-OH is 1. The molecular formula is C17H23NO2S. The molecule has 0 aliphatic heterocycles. The van der Waals surface area contributed by atoms with Crippen LogP contribution < -0.4 is 10.1 Å². The van der Waals surface area contributed by atoms with Crippen LogP contribution in [0.2, 0.25) is 0 Å². The zero-order valence-electron chi connectivity index (χ0n) is 12.8. The molecule has 4 heteroatoms. The quantitative estimate of drug-likeness (QED) is 0.823. The third kappa shape index (κ3) is 4.56. The Morgan fingerprint density at radius 3 is 2.76 bits per heavy atom. The molecule has 1 aromatic carbocycles. The van der Waals surface area contributed by atoms with Gasteiger partial charge >= 0.3 is 0 Å². The van der Waals surface area contributed by atoms with Gasteiger partial charge in [-0.05, 0) is 49.4 Å². The van der Waals surface area contributed by atoms with Gasteiger partial charge < -0.3 is 15.2 Å². The van der Waals surface area contributed by atoms with E-state index < -0.39 is 6.10 Å². The molecule has 2 unspecified atom stereocenters. The fraction of sp³-hybridized carbons (Fsp3) is 0.412. The smallest absolute Gasteiger partial charge is 0.122 e. The fourth-order valence-corrected chi connectivity index (χ4v) is 2.84. The van der Waals surface area contributed by atoms with Gasteiger partial charge in [-0.3, -0.25) is 0 Å². The summed E-state index contributed by atoms with van der Waals surface area (Å²) in [6, 6.07) is 10.4. The zero-order valence-corrected chi connectivity index (χ0v) is 13.6. The number of thiophene rings is 1. The Kier molecular flexibility index (Phi) is 5.79. The van der Waals surface area contributed by atoms with Crippen molar-refractivity contribution in [1.29, 1.82) is 0 Å². The number of hydrogen-bond acceptors (Lipinski definition) is 4. The second-order valence-electron chi connectivity index (χ2n) is 5.31. The van der Waals surface area contributed by atoms with Gasteiger partial charge in [0.15, 0.2) is 0 Å². The maximum Gasteiger partial charge on any atom is 0.122 e. The van der Waals surface area contributed by atoms with Crippen LogP contribution in [0, 0.1) is 13.8 Å². The molecular weight excluding hydrogens is 282 g/mol. The lowest BCUT2D eigenvalue weighted by atomic mass is 10.1. The molecule has 0 fully saturated rings. The zero-order chi connectivity index (χ0) is 15.2. The molecule has 0 bridgehead atoms. The van der Waals surface area contributed by atoms with Crippen molar-refractivity contribution in [2.75, 3.05) is 13.2 Å². The van der Waals surface area contributed by atoms with Crippen molar-refractivity contribution in [3.05, 3.63) is 51.7 Å². The first-order valence-corrected chi connectivity index (χ1v) is 8.09. The van der Waals surface area contributed by atoms with Gasteiger partial charge in [-0.25, -0.2) is 0 Å². The van der Waals surface area contributed by atoms with E-state index in [1.54, 1.807) is 11.3 Å². The molecule has 0 saturated heterocycles. The Balaban J connectivity index is 1.77. The highest BCUT2D eigenvalue weighted by atomic mass is 32.1. The number of aliphatic hydroxyl groups is 1. The molecule has 0 spiro atoms. The van der Waals surface area contributed by atoms with Gasteiger partial charge in [0, 0.05) is 17.5 Å². The van der Waals surface area contributed by atoms with Gasteiger partial charge in [-0.15, -0.1) is 11.3 Å². The average Bonchev–Trinajstić information content (AvgIpc) is 3.00. The monoisotopic (exact) mass is 305 g/mol.